The Labute approximate surface area is 187 Å². The number of nitrogens with one attached hydrogen (secondary N) is 3. The number of aliphatic hydroxyl groups is 1. The van der Waals surface area contributed by atoms with Crippen LogP contribution in [-0.2, 0) is 0 Å². The maximum absolute atomic E-state index is 13.9. The molecule has 0 aliphatic carbocycles. The average Bonchev–Trinajstić information content (AvgIpc) is 2.77. The van der Waals surface area contributed by atoms with Crippen molar-refractivity contribution in [2.45, 2.75) is 17.9 Å². The van der Waals surface area contributed by atoms with Gasteiger partial charge in [-0.1, -0.05) is 5.92 Å². The third-order valence-electron chi connectivity index (χ3n) is 4.13. The molecule has 0 bridgehead atoms. The predicted molar refractivity (Wildman–Crippen MR) is 118 cm³/mol. The lowest BCUT2D eigenvalue weighted by Gasteiger charge is -2.13. The van der Waals surface area contributed by atoms with Gasteiger partial charge in [-0.05, 0) is 55.1 Å². The number of nitrogens with zero attached hydrogens (tertiary/aromatic N) is 2. The first-order valence-electron chi connectivity index (χ1n) is 9.26. The van der Waals surface area contributed by atoms with Gasteiger partial charge in [-0.3, -0.25) is 15.4 Å². The Morgan fingerprint density at radius 1 is 1.25 bits per heavy atom. The summed E-state index contributed by atoms with van der Waals surface area (Å²) in [7, 11) is 1.45. The van der Waals surface area contributed by atoms with Crippen molar-refractivity contribution in [1.82, 2.24) is 9.55 Å². The normalized spacial score (nSPS) is 11.3. The summed E-state index contributed by atoms with van der Waals surface area (Å²) in [5, 5.41) is 25.4. The molecule has 0 amide bonds. The molecule has 32 heavy (non-hydrogen) atoms. The Bertz CT molecular complexity index is 1280. The lowest BCUT2D eigenvalue weighted by Crippen LogP contribution is -2.24. The summed E-state index contributed by atoms with van der Waals surface area (Å²) >= 11 is 0.939. The summed E-state index contributed by atoms with van der Waals surface area (Å²) in [5.74, 6) is 3.72. The van der Waals surface area contributed by atoms with Crippen LogP contribution >= 0.6 is 11.9 Å². The third-order valence-corrected chi connectivity index (χ3v) is 5.00. The zero-order valence-electron chi connectivity index (χ0n) is 17.1. The molecular formula is C22H19F2N5O2S. The summed E-state index contributed by atoms with van der Waals surface area (Å²) in [6.45, 7) is 1.48. The van der Waals surface area contributed by atoms with E-state index in [1.165, 1.54) is 30.7 Å². The van der Waals surface area contributed by atoms with E-state index in [9.17, 15) is 13.9 Å². The maximum atomic E-state index is 13.9. The molecule has 0 spiro atoms. The molecule has 3 aromatic rings. The van der Waals surface area contributed by atoms with Crippen LogP contribution in [-0.4, -0.2) is 33.7 Å². The number of halogens is 2. The van der Waals surface area contributed by atoms with Gasteiger partial charge in [0, 0.05) is 29.6 Å². The molecule has 1 atom stereocenters. The number of benzene rings is 1. The lowest BCUT2D eigenvalue weighted by molar-refractivity contribution is 0.253. The number of methoxy groups -OCH3 is 1. The van der Waals surface area contributed by atoms with E-state index >= 15 is 0 Å². The van der Waals surface area contributed by atoms with Crippen molar-refractivity contribution in [3.05, 3.63) is 65.9 Å². The van der Waals surface area contributed by atoms with E-state index in [1.807, 2.05) is 0 Å². The number of aliphatic hydroxyl groups excluding tert-OH is 1. The topological polar surface area (TPSA) is 107 Å². The fourth-order valence-electron chi connectivity index (χ4n) is 2.60. The van der Waals surface area contributed by atoms with Gasteiger partial charge >= 0.3 is 0 Å². The van der Waals surface area contributed by atoms with Crippen molar-refractivity contribution >= 4 is 23.5 Å². The first kappa shape index (κ1) is 23.0. The van der Waals surface area contributed by atoms with Crippen molar-refractivity contribution in [2.75, 3.05) is 11.8 Å². The summed E-state index contributed by atoms with van der Waals surface area (Å²) in [6, 6.07) is 8.20. The molecule has 164 valence electrons. The van der Waals surface area contributed by atoms with Gasteiger partial charge < -0.3 is 14.6 Å². The van der Waals surface area contributed by atoms with E-state index in [0.29, 0.717) is 16.8 Å². The highest BCUT2D eigenvalue weighted by atomic mass is 32.2. The molecule has 1 aromatic carbocycles. The van der Waals surface area contributed by atoms with Crippen molar-refractivity contribution in [2.24, 2.45) is 0 Å². The van der Waals surface area contributed by atoms with Crippen molar-refractivity contribution < 1.29 is 18.6 Å². The predicted octanol–water partition coefficient (Wildman–Crippen LogP) is 3.65. The second kappa shape index (κ2) is 10.1. The van der Waals surface area contributed by atoms with Crippen LogP contribution in [0.25, 0.3) is 11.1 Å². The molecule has 1 unspecified atom stereocenters. The standard InChI is InChI=1S/C22H19F2N5O2S/c1-13(30)3-7-20(25)29-12-14(4-8-21(29)26)15-9-18(22(31-2)27-11-15)28-32-19-6-5-16(23)10-17(19)24/h4-6,8-13,25-26,28,30H,1-2H3. The van der Waals surface area contributed by atoms with Crippen LogP contribution in [0.2, 0.25) is 0 Å². The Hall–Kier alpha value is -3.68. The molecule has 0 aliphatic rings. The summed E-state index contributed by atoms with van der Waals surface area (Å²) in [6.07, 6.45) is 2.22. The number of hydrogen-bond acceptors (Lipinski definition) is 7. The minimum Gasteiger partial charge on any atom is -0.480 e. The Morgan fingerprint density at radius 2 is 2.03 bits per heavy atom. The zero-order valence-corrected chi connectivity index (χ0v) is 17.9. The second-order valence-corrected chi connectivity index (χ2v) is 7.37. The minimum atomic E-state index is -0.892. The van der Waals surface area contributed by atoms with E-state index in [4.69, 9.17) is 15.6 Å². The number of anilines is 1. The number of rotatable bonds is 5. The van der Waals surface area contributed by atoms with E-state index in [-0.39, 0.29) is 22.1 Å². The molecule has 0 saturated carbocycles. The van der Waals surface area contributed by atoms with Gasteiger partial charge in [0.15, 0.2) is 5.84 Å². The number of aromatic nitrogens is 2. The van der Waals surface area contributed by atoms with E-state index in [2.05, 4.69) is 21.5 Å². The van der Waals surface area contributed by atoms with Crippen molar-refractivity contribution in [3.8, 4) is 28.8 Å². The Kier molecular flexibility index (Phi) is 7.25. The molecule has 0 aliphatic heterocycles. The summed E-state index contributed by atoms with van der Waals surface area (Å²) < 4.78 is 36.5. The lowest BCUT2D eigenvalue weighted by atomic mass is 10.1. The van der Waals surface area contributed by atoms with Gasteiger partial charge in [0.25, 0.3) is 0 Å². The Balaban J connectivity index is 1.92. The van der Waals surface area contributed by atoms with Gasteiger partial charge in [-0.25, -0.2) is 13.8 Å². The molecule has 0 fully saturated rings. The quantitative estimate of drug-likeness (QED) is 0.203. The van der Waals surface area contributed by atoms with E-state index in [0.717, 1.165) is 24.1 Å². The van der Waals surface area contributed by atoms with Crippen LogP contribution in [0.1, 0.15) is 6.92 Å². The molecule has 3 rings (SSSR count). The van der Waals surface area contributed by atoms with Crippen LogP contribution in [0, 0.1) is 34.3 Å². The largest absolute Gasteiger partial charge is 0.480 e. The van der Waals surface area contributed by atoms with E-state index < -0.39 is 17.7 Å². The average molecular weight is 455 g/mol. The minimum absolute atomic E-state index is 0.0424. The highest BCUT2D eigenvalue weighted by Crippen LogP contribution is 2.32. The SMILES string of the molecule is COc1ncc(-c2ccc(=N)n(C(=N)C#CC(C)O)c2)cc1NSc1ccc(F)cc1F. The van der Waals surface area contributed by atoms with Gasteiger partial charge in [0.2, 0.25) is 5.88 Å². The van der Waals surface area contributed by atoms with Crippen LogP contribution in [0.3, 0.4) is 0 Å². The first-order valence-corrected chi connectivity index (χ1v) is 10.1. The highest BCUT2D eigenvalue weighted by Gasteiger charge is 2.11. The maximum Gasteiger partial charge on any atom is 0.237 e. The molecule has 0 saturated heterocycles. The third kappa shape index (κ3) is 5.51. The van der Waals surface area contributed by atoms with Gasteiger partial charge in [-0.15, -0.1) is 0 Å². The summed E-state index contributed by atoms with van der Waals surface area (Å²) in [5.41, 5.74) is 1.77. The molecule has 2 aromatic heterocycles. The van der Waals surface area contributed by atoms with Crippen LogP contribution in [0.4, 0.5) is 14.5 Å². The second-order valence-electron chi connectivity index (χ2n) is 6.53. The number of ether oxygens (including phenoxy) is 1. The van der Waals surface area contributed by atoms with Crippen LogP contribution in [0.5, 0.6) is 5.88 Å². The molecule has 2 heterocycles. The van der Waals surface area contributed by atoms with Crippen LogP contribution < -0.4 is 14.9 Å². The van der Waals surface area contributed by atoms with Crippen molar-refractivity contribution in [3.63, 3.8) is 0 Å². The highest BCUT2D eigenvalue weighted by molar-refractivity contribution is 8.00. The molecule has 4 N–H and O–H groups in total. The fourth-order valence-corrected chi connectivity index (χ4v) is 3.26. The number of hydrogen-bond donors (Lipinski definition) is 4. The smallest absolute Gasteiger partial charge is 0.237 e. The first-order chi connectivity index (χ1) is 15.3. The molecule has 0 radical (unpaired) electrons. The molecule has 10 heteroatoms. The van der Waals surface area contributed by atoms with Gasteiger partial charge in [-0.2, -0.15) is 0 Å². The van der Waals surface area contributed by atoms with Gasteiger partial charge in [0.1, 0.15) is 28.9 Å². The van der Waals surface area contributed by atoms with Crippen LogP contribution in [0.15, 0.2) is 53.7 Å². The fraction of sp³-hybridized carbons (Fsp3) is 0.136. The van der Waals surface area contributed by atoms with Crippen molar-refractivity contribution in [1.29, 1.82) is 10.8 Å². The molecule has 7 nitrogen and oxygen atoms in total. The molecular weight excluding hydrogens is 436 g/mol. The van der Waals surface area contributed by atoms with E-state index in [1.54, 1.807) is 24.5 Å². The van der Waals surface area contributed by atoms with Gasteiger partial charge in [0.05, 0.1) is 12.0 Å². The monoisotopic (exact) mass is 455 g/mol. The zero-order chi connectivity index (χ0) is 23.3. The Morgan fingerprint density at radius 3 is 2.72 bits per heavy atom. The number of pyridine rings is 2. The summed E-state index contributed by atoms with van der Waals surface area (Å²) in [4.78, 5) is 4.45.